The first-order valence-electron chi connectivity index (χ1n) is 7.28. The summed E-state index contributed by atoms with van der Waals surface area (Å²) in [6.45, 7) is 1.95. The second kappa shape index (κ2) is 5.24. The molecule has 0 saturated heterocycles. The molecule has 0 aromatic heterocycles. The highest BCUT2D eigenvalue weighted by Crippen LogP contribution is 2.48. The molecular formula is C18H18O3. The first kappa shape index (κ1) is 13.7. The summed E-state index contributed by atoms with van der Waals surface area (Å²) in [7, 11) is 0. The molecule has 3 heteroatoms. The summed E-state index contributed by atoms with van der Waals surface area (Å²) < 4.78 is 0. The van der Waals surface area contributed by atoms with Crippen molar-refractivity contribution in [1.29, 1.82) is 0 Å². The van der Waals surface area contributed by atoms with Gasteiger partial charge in [-0.2, -0.15) is 0 Å². The number of fused-ring (bicyclic) bond motifs is 1. The van der Waals surface area contributed by atoms with Crippen LogP contribution >= 0.6 is 0 Å². The molecule has 3 rings (SSSR count). The minimum Gasteiger partial charge on any atom is -0.504 e. The van der Waals surface area contributed by atoms with E-state index in [2.05, 4.69) is 12.1 Å². The van der Waals surface area contributed by atoms with Crippen LogP contribution in [0.25, 0.3) is 0 Å². The highest BCUT2D eigenvalue weighted by atomic mass is 16.3. The van der Waals surface area contributed by atoms with Gasteiger partial charge in [-0.3, -0.25) is 4.79 Å². The Morgan fingerprint density at radius 2 is 1.90 bits per heavy atom. The van der Waals surface area contributed by atoms with Gasteiger partial charge in [-0.25, -0.2) is 0 Å². The van der Waals surface area contributed by atoms with E-state index in [9.17, 15) is 15.0 Å². The van der Waals surface area contributed by atoms with Gasteiger partial charge in [-0.1, -0.05) is 37.3 Å². The van der Waals surface area contributed by atoms with E-state index in [4.69, 9.17) is 0 Å². The molecule has 0 saturated carbocycles. The molecule has 0 bridgehead atoms. The Balaban J connectivity index is 2.26. The molecule has 0 radical (unpaired) electrons. The molecule has 0 fully saturated rings. The van der Waals surface area contributed by atoms with Crippen LogP contribution in [0.4, 0.5) is 0 Å². The summed E-state index contributed by atoms with van der Waals surface area (Å²) in [5, 5.41) is 20.3. The van der Waals surface area contributed by atoms with Gasteiger partial charge in [0.05, 0.1) is 5.56 Å². The van der Waals surface area contributed by atoms with Crippen LogP contribution in [0.5, 0.6) is 11.5 Å². The maximum atomic E-state index is 11.3. The molecular weight excluding hydrogens is 264 g/mol. The predicted molar refractivity (Wildman–Crippen MR) is 81.1 cm³/mol. The second-order valence-electron chi connectivity index (χ2n) is 5.46. The third-order valence-electron chi connectivity index (χ3n) is 4.45. The van der Waals surface area contributed by atoms with Crippen LogP contribution in [0, 0.1) is 0 Å². The van der Waals surface area contributed by atoms with Crippen molar-refractivity contribution in [3.05, 3.63) is 58.1 Å². The van der Waals surface area contributed by atoms with Crippen molar-refractivity contribution < 1.29 is 15.0 Å². The summed E-state index contributed by atoms with van der Waals surface area (Å²) in [6.07, 6.45) is 2.94. The third kappa shape index (κ3) is 2.00. The average Bonchev–Trinajstić information content (AvgIpc) is 2.94. The largest absolute Gasteiger partial charge is 0.504 e. The van der Waals surface area contributed by atoms with Crippen molar-refractivity contribution in [3.63, 3.8) is 0 Å². The van der Waals surface area contributed by atoms with Gasteiger partial charge >= 0.3 is 0 Å². The third-order valence-corrected chi connectivity index (χ3v) is 4.45. The van der Waals surface area contributed by atoms with Crippen LogP contribution in [0.15, 0.2) is 30.3 Å². The van der Waals surface area contributed by atoms with E-state index in [1.54, 1.807) is 0 Å². The molecule has 1 atom stereocenters. The van der Waals surface area contributed by atoms with Crippen LogP contribution in [-0.2, 0) is 12.8 Å². The zero-order valence-corrected chi connectivity index (χ0v) is 12.0. The average molecular weight is 282 g/mol. The van der Waals surface area contributed by atoms with Crippen LogP contribution in [-0.4, -0.2) is 16.5 Å². The Morgan fingerprint density at radius 1 is 1.19 bits per heavy atom. The predicted octanol–water partition coefficient (Wildman–Crippen LogP) is 3.55. The van der Waals surface area contributed by atoms with E-state index in [1.165, 1.54) is 5.56 Å². The molecule has 1 aliphatic rings. The molecule has 3 nitrogen and oxygen atoms in total. The molecule has 1 aliphatic carbocycles. The topological polar surface area (TPSA) is 57.5 Å². The number of carbonyl (C=O) groups is 1. The zero-order valence-electron chi connectivity index (χ0n) is 12.0. The van der Waals surface area contributed by atoms with Crippen molar-refractivity contribution in [2.75, 3.05) is 0 Å². The lowest BCUT2D eigenvalue weighted by atomic mass is 9.87. The number of phenolic OH excluding ortho intramolecular Hbond substituents is 2. The van der Waals surface area contributed by atoms with Crippen molar-refractivity contribution >= 4 is 6.29 Å². The van der Waals surface area contributed by atoms with Crippen molar-refractivity contribution in [1.82, 2.24) is 0 Å². The molecule has 2 aromatic rings. The van der Waals surface area contributed by atoms with E-state index >= 15 is 0 Å². The highest BCUT2D eigenvalue weighted by Gasteiger charge is 2.32. The van der Waals surface area contributed by atoms with Gasteiger partial charge in [-0.15, -0.1) is 0 Å². The number of rotatable bonds is 3. The lowest BCUT2D eigenvalue weighted by molar-refractivity contribution is 0.111. The molecule has 2 N–H and O–H groups in total. The minimum absolute atomic E-state index is 0.138. The minimum atomic E-state index is -0.269. The number of phenols is 2. The van der Waals surface area contributed by atoms with Gasteiger partial charge in [0.25, 0.3) is 0 Å². The number of carbonyl (C=O) groups excluding carboxylic acids is 1. The smallest absolute Gasteiger partial charge is 0.168 e. The van der Waals surface area contributed by atoms with Gasteiger partial charge < -0.3 is 10.2 Å². The monoisotopic (exact) mass is 282 g/mol. The van der Waals surface area contributed by atoms with Crippen molar-refractivity contribution in [2.45, 2.75) is 32.1 Å². The van der Waals surface area contributed by atoms with E-state index in [0.717, 1.165) is 29.5 Å². The molecule has 1 unspecified atom stereocenters. The highest BCUT2D eigenvalue weighted by molar-refractivity contribution is 5.86. The van der Waals surface area contributed by atoms with Crippen molar-refractivity contribution in [3.8, 4) is 11.5 Å². The normalized spacial score (nSPS) is 16.7. The summed E-state index contributed by atoms with van der Waals surface area (Å²) >= 11 is 0. The van der Waals surface area contributed by atoms with E-state index < -0.39 is 0 Å². The van der Waals surface area contributed by atoms with Gasteiger partial charge in [0.2, 0.25) is 0 Å². The van der Waals surface area contributed by atoms with Crippen LogP contribution in [0.3, 0.4) is 0 Å². The molecule has 0 aliphatic heterocycles. The maximum Gasteiger partial charge on any atom is 0.168 e. The summed E-state index contributed by atoms with van der Waals surface area (Å²) in [6, 6.07) is 10.1. The molecule has 0 heterocycles. The second-order valence-corrected chi connectivity index (χ2v) is 5.46. The Kier molecular flexibility index (Phi) is 3.42. The van der Waals surface area contributed by atoms with Crippen LogP contribution in [0.1, 0.15) is 51.9 Å². The van der Waals surface area contributed by atoms with Crippen LogP contribution in [0.2, 0.25) is 0 Å². The van der Waals surface area contributed by atoms with E-state index in [-0.39, 0.29) is 23.0 Å². The van der Waals surface area contributed by atoms with Crippen molar-refractivity contribution in [2.24, 2.45) is 0 Å². The summed E-state index contributed by atoms with van der Waals surface area (Å²) in [5.74, 6) is -0.225. The summed E-state index contributed by atoms with van der Waals surface area (Å²) in [5.41, 5.74) is 4.12. The molecule has 2 aromatic carbocycles. The van der Waals surface area contributed by atoms with Gasteiger partial charge in [0, 0.05) is 11.5 Å². The SMILES string of the molecule is CCc1c(O)c(O)c(C=O)c2c1C(c1ccccc1)CC2. The Hall–Kier alpha value is -2.29. The lowest BCUT2D eigenvalue weighted by Gasteiger charge is -2.19. The van der Waals surface area contributed by atoms with E-state index in [0.29, 0.717) is 12.7 Å². The summed E-state index contributed by atoms with van der Waals surface area (Å²) in [4.78, 5) is 11.3. The maximum absolute atomic E-state index is 11.3. The number of aldehydes is 1. The number of aromatic hydroxyl groups is 2. The first-order valence-corrected chi connectivity index (χ1v) is 7.28. The molecule has 0 spiro atoms. The Morgan fingerprint density at radius 3 is 2.52 bits per heavy atom. The Bertz CT molecular complexity index is 690. The van der Waals surface area contributed by atoms with Crippen LogP contribution < -0.4 is 0 Å². The Labute approximate surface area is 123 Å². The zero-order chi connectivity index (χ0) is 15.0. The quantitative estimate of drug-likeness (QED) is 0.668. The standard InChI is InChI=1S/C18H18O3/c1-2-12-16-13(11-6-4-3-5-7-11)8-9-14(16)15(10-19)18(21)17(12)20/h3-7,10,13,20-21H,2,8-9H2,1H3. The lowest BCUT2D eigenvalue weighted by Crippen LogP contribution is -2.03. The molecule has 0 amide bonds. The molecule has 21 heavy (non-hydrogen) atoms. The van der Waals surface area contributed by atoms with Gasteiger partial charge in [0.1, 0.15) is 0 Å². The number of hydrogen-bond acceptors (Lipinski definition) is 3. The number of hydrogen-bond donors (Lipinski definition) is 2. The first-order chi connectivity index (χ1) is 10.2. The molecule has 108 valence electrons. The van der Waals surface area contributed by atoms with Gasteiger partial charge in [-0.05, 0) is 36.0 Å². The number of benzene rings is 2. The van der Waals surface area contributed by atoms with Gasteiger partial charge in [0.15, 0.2) is 17.8 Å². The van der Waals surface area contributed by atoms with E-state index in [1.807, 2.05) is 25.1 Å². The fourth-order valence-corrected chi connectivity index (χ4v) is 3.49. The fraction of sp³-hybridized carbons (Fsp3) is 0.278. The fourth-order valence-electron chi connectivity index (χ4n) is 3.49.